The van der Waals surface area contributed by atoms with Gasteiger partial charge in [0.05, 0.1) is 11.6 Å². The Bertz CT molecular complexity index is 539. The molecule has 19 heavy (non-hydrogen) atoms. The van der Waals surface area contributed by atoms with Gasteiger partial charge in [-0.25, -0.2) is 4.39 Å². The van der Waals surface area contributed by atoms with Crippen molar-refractivity contribution in [2.24, 2.45) is 5.92 Å². The molecule has 1 fully saturated rings. The zero-order chi connectivity index (χ0) is 14.0. The summed E-state index contributed by atoms with van der Waals surface area (Å²) in [5, 5.41) is 18.0. The molecule has 0 spiro atoms. The van der Waals surface area contributed by atoms with Crippen LogP contribution in [0.2, 0.25) is 0 Å². The van der Waals surface area contributed by atoms with E-state index in [2.05, 4.69) is 0 Å². The van der Waals surface area contributed by atoms with Crippen LogP contribution in [0.25, 0.3) is 0 Å². The minimum Gasteiger partial charge on any atom is -0.480 e. The highest BCUT2D eigenvalue weighted by Crippen LogP contribution is 2.26. The average molecular weight is 262 g/mol. The van der Waals surface area contributed by atoms with E-state index in [0.717, 1.165) is 6.42 Å². The largest absolute Gasteiger partial charge is 0.480 e. The lowest BCUT2D eigenvalue weighted by Gasteiger charge is -2.23. The third-order valence-electron chi connectivity index (χ3n) is 3.61. The van der Waals surface area contributed by atoms with Crippen molar-refractivity contribution in [1.82, 2.24) is 4.90 Å². The minimum atomic E-state index is -0.873. The third-order valence-corrected chi connectivity index (χ3v) is 3.61. The Morgan fingerprint density at radius 2 is 2.37 bits per heavy atom. The fourth-order valence-electron chi connectivity index (χ4n) is 2.59. The summed E-state index contributed by atoms with van der Waals surface area (Å²) in [5.41, 5.74) is 0.759. The number of nitriles is 1. The smallest absolute Gasteiger partial charge is 0.321 e. The second-order valence-electron chi connectivity index (χ2n) is 4.94. The van der Waals surface area contributed by atoms with Gasteiger partial charge in [-0.2, -0.15) is 5.26 Å². The Balaban J connectivity index is 2.21. The second-order valence-corrected chi connectivity index (χ2v) is 4.94. The number of likely N-dealkylation sites (tertiary alicyclic amines) is 1. The summed E-state index contributed by atoms with van der Waals surface area (Å²) >= 11 is 0. The second kappa shape index (κ2) is 5.37. The zero-order valence-corrected chi connectivity index (χ0v) is 10.6. The summed E-state index contributed by atoms with van der Waals surface area (Å²) in [4.78, 5) is 13.0. The predicted molar refractivity (Wildman–Crippen MR) is 66.7 cm³/mol. The number of halogens is 1. The highest BCUT2D eigenvalue weighted by atomic mass is 19.1. The van der Waals surface area contributed by atoms with Gasteiger partial charge in [-0.1, -0.05) is 6.92 Å². The van der Waals surface area contributed by atoms with Crippen LogP contribution >= 0.6 is 0 Å². The van der Waals surface area contributed by atoms with E-state index in [1.54, 1.807) is 4.90 Å². The highest BCUT2D eigenvalue weighted by Gasteiger charge is 2.36. The summed E-state index contributed by atoms with van der Waals surface area (Å²) in [7, 11) is 0. The molecule has 0 saturated carbocycles. The van der Waals surface area contributed by atoms with Crippen LogP contribution < -0.4 is 0 Å². The molecule has 1 aliphatic rings. The third kappa shape index (κ3) is 2.74. The van der Waals surface area contributed by atoms with E-state index in [4.69, 9.17) is 5.26 Å². The summed E-state index contributed by atoms with van der Waals surface area (Å²) < 4.78 is 13.7. The first kappa shape index (κ1) is 13.5. The number of rotatable bonds is 3. The topological polar surface area (TPSA) is 64.3 Å². The van der Waals surface area contributed by atoms with Crippen molar-refractivity contribution in [3.63, 3.8) is 0 Å². The van der Waals surface area contributed by atoms with Gasteiger partial charge in [0.2, 0.25) is 0 Å². The number of benzene rings is 1. The van der Waals surface area contributed by atoms with E-state index in [-0.39, 0.29) is 12.5 Å². The number of hydrogen-bond acceptors (Lipinski definition) is 3. The van der Waals surface area contributed by atoms with Gasteiger partial charge in [0.15, 0.2) is 0 Å². The van der Waals surface area contributed by atoms with Crippen LogP contribution in [0.1, 0.15) is 24.5 Å². The van der Waals surface area contributed by atoms with Crippen molar-refractivity contribution in [2.45, 2.75) is 25.9 Å². The van der Waals surface area contributed by atoms with Gasteiger partial charge in [0.1, 0.15) is 11.9 Å². The molecular formula is C14H15FN2O2. The van der Waals surface area contributed by atoms with Crippen LogP contribution in [-0.4, -0.2) is 28.6 Å². The van der Waals surface area contributed by atoms with Crippen molar-refractivity contribution in [3.8, 4) is 6.07 Å². The van der Waals surface area contributed by atoms with E-state index in [0.29, 0.717) is 17.7 Å². The van der Waals surface area contributed by atoms with Crippen molar-refractivity contribution >= 4 is 5.97 Å². The van der Waals surface area contributed by atoms with Gasteiger partial charge in [-0.05, 0) is 37.1 Å². The molecule has 1 N–H and O–H groups in total. The van der Waals surface area contributed by atoms with E-state index in [1.165, 1.54) is 18.2 Å². The normalized spacial score (nSPS) is 23.2. The summed E-state index contributed by atoms with van der Waals surface area (Å²) in [5.74, 6) is -1.22. The lowest BCUT2D eigenvalue weighted by atomic mass is 10.0. The summed E-state index contributed by atoms with van der Waals surface area (Å²) in [6.07, 6.45) is 0.788. The molecule has 1 heterocycles. The lowest BCUT2D eigenvalue weighted by Crippen LogP contribution is -2.38. The van der Waals surface area contributed by atoms with Crippen molar-refractivity contribution in [3.05, 3.63) is 35.1 Å². The molecule has 4 nitrogen and oxygen atoms in total. The molecule has 2 atom stereocenters. The number of nitrogens with zero attached hydrogens (tertiary/aromatic N) is 2. The standard InChI is InChI=1S/C14H15FN2O2/c1-9-4-5-17(13(9)14(18)19)8-11-6-10(7-16)2-3-12(11)15/h2-3,6,9,13H,4-5,8H2,1H3,(H,18,19). The molecule has 0 aliphatic carbocycles. The first-order chi connectivity index (χ1) is 9.02. The molecule has 2 rings (SSSR count). The highest BCUT2D eigenvalue weighted by molar-refractivity contribution is 5.74. The maximum absolute atomic E-state index is 13.7. The van der Waals surface area contributed by atoms with Crippen LogP contribution in [0.3, 0.4) is 0 Å². The fourth-order valence-corrected chi connectivity index (χ4v) is 2.59. The molecular weight excluding hydrogens is 247 g/mol. The van der Waals surface area contributed by atoms with E-state index < -0.39 is 17.8 Å². The molecule has 100 valence electrons. The van der Waals surface area contributed by atoms with Gasteiger partial charge in [-0.3, -0.25) is 9.69 Å². The number of aliphatic carboxylic acids is 1. The first-order valence-corrected chi connectivity index (χ1v) is 6.18. The molecule has 1 aliphatic heterocycles. The molecule has 1 aromatic carbocycles. The SMILES string of the molecule is CC1CCN(Cc2cc(C#N)ccc2F)C1C(=O)O. The van der Waals surface area contributed by atoms with Crippen LogP contribution in [0.5, 0.6) is 0 Å². The molecule has 0 bridgehead atoms. The monoisotopic (exact) mass is 262 g/mol. The molecule has 1 aromatic rings. The van der Waals surface area contributed by atoms with Gasteiger partial charge in [0.25, 0.3) is 0 Å². The maximum atomic E-state index is 13.7. The fraction of sp³-hybridized carbons (Fsp3) is 0.429. The quantitative estimate of drug-likeness (QED) is 0.904. The van der Waals surface area contributed by atoms with E-state index in [9.17, 15) is 14.3 Å². The number of carboxylic acid groups (broad SMARTS) is 1. The number of carboxylic acids is 1. The zero-order valence-electron chi connectivity index (χ0n) is 10.6. The molecule has 0 amide bonds. The summed E-state index contributed by atoms with van der Waals surface area (Å²) in [6.45, 7) is 2.75. The van der Waals surface area contributed by atoms with Gasteiger partial charge in [-0.15, -0.1) is 0 Å². The average Bonchev–Trinajstić information content (AvgIpc) is 2.73. The van der Waals surface area contributed by atoms with Gasteiger partial charge < -0.3 is 5.11 Å². The van der Waals surface area contributed by atoms with Gasteiger partial charge >= 0.3 is 5.97 Å². The van der Waals surface area contributed by atoms with E-state index >= 15 is 0 Å². The first-order valence-electron chi connectivity index (χ1n) is 6.18. The molecule has 5 heteroatoms. The Morgan fingerprint density at radius 1 is 1.63 bits per heavy atom. The Morgan fingerprint density at radius 3 is 3.00 bits per heavy atom. The van der Waals surface area contributed by atoms with Crippen LogP contribution in [0.15, 0.2) is 18.2 Å². The molecule has 2 unspecified atom stereocenters. The minimum absolute atomic E-state index is 0.0553. The van der Waals surface area contributed by atoms with Crippen LogP contribution in [0.4, 0.5) is 4.39 Å². The predicted octanol–water partition coefficient (Wildman–Crippen LogP) is 1.99. The Labute approximate surface area is 111 Å². The Kier molecular flexibility index (Phi) is 3.82. The molecule has 0 radical (unpaired) electrons. The van der Waals surface area contributed by atoms with Crippen LogP contribution in [0, 0.1) is 23.1 Å². The number of carbonyl (C=O) groups is 1. The lowest BCUT2D eigenvalue weighted by molar-refractivity contribution is -0.143. The summed E-state index contributed by atoms with van der Waals surface area (Å²) in [6, 6.07) is 5.54. The van der Waals surface area contributed by atoms with Crippen molar-refractivity contribution in [1.29, 1.82) is 5.26 Å². The van der Waals surface area contributed by atoms with Gasteiger partial charge in [0, 0.05) is 12.1 Å². The molecule has 0 aromatic heterocycles. The molecule has 1 saturated heterocycles. The van der Waals surface area contributed by atoms with Crippen molar-refractivity contribution in [2.75, 3.05) is 6.54 Å². The maximum Gasteiger partial charge on any atom is 0.321 e. The Hall–Kier alpha value is -1.93. The van der Waals surface area contributed by atoms with Crippen LogP contribution in [-0.2, 0) is 11.3 Å². The van der Waals surface area contributed by atoms with Crippen molar-refractivity contribution < 1.29 is 14.3 Å². The van der Waals surface area contributed by atoms with E-state index in [1.807, 2.05) is 13.0 Å². The number of hydrogen-bond donors (Lipinski definition) is 1.